The van der Waals surface area contributed by atoms with Crippen molar-refractivity contribution in [1.82, 2.24) is 15.2 Å². The summed E-state index contributed by atoms with van der Waals surface area (Å²) in [6.07, 6.45) is -4.30. The fourth-order valence-corrected chi connectivity index (χ4v) is 2.38. The van der Waals surface area contributed by atoms with Crippen LogP contribution in [0.15, 0.2) is 54.9 Å². The number of benzene rings is 1. The average Bonchev–Trinajstić information content (AvgIpc) is 3.14. The van der Waals surface area contributed by atoms with Gasteiger partial charge in [-0.15, -0.1) is 0 Å². The van der Waals surface area contributed by atoms with E-state index in [1.807, 2.05) is 0 Å². The minimum atomic E-state index is -4.63. The molecule has 0 radical (unpaired) electrons. The summed E-state index contributed by atoms with van der Waals surface area (Å²) in [6.45, 7) is 0.182. The van der Waals surface area contributed by atoms with Crippen molar-refractivity contribution in [2.75, 3.05) is 0 Å². The maximum atomic E-state index is 12.5. The summed E-state index contributed by atoms with van der Waals surface area (Å²) in [5.41, 5.74) is 2.60. The summed E-state index contributed by atoms with van der Waals surface area (Å²) in [5, 5.41) is 15.8. The molecule has 0 amide bonds. The summed E-state index contributed by atoms with van der Waals surface area (Å²) >= 11 is 0. The normalized spacial score (nSPS) is 12.8. The van der Waals surface area contributed by atoms with E-state index in [-0.39, 0.29) is 6.61 Å². The van der Waals surface area contributed by atoms with Gasteiger partial charge in [0.15, 0.2) is 6.10 Å². The predicted octanol–water partition coefficient (Wildman–Crippen LogP) is 3.52. The van der Waals surface area contributed by atoms with Gasteiger partial charge in [0.05, 0.1) is 17.6 Å². The molecule has 3 aromatic rings. The first-order chi connectivity index (χ1) is 12.4. The molecular formula is C18H16F3N3O2. The Bertz CT molecular complexity index is 834. The Balaban J connectivity index is 1.60. The number of halogens is 3. The number of rotatable bonds is 6. The highest BCUT2D eigenvalue weighted by atomic mass is 19.4. The molecule has 0 fully saturated rings. The molecule has 136 valence electrons. The first kappa shape index (κ1) is 17.9. The summed E-state index contributed by atoms with van der Waals surface area (Å²) in [4.78, 5) is 4.26. The van der Waals surface area contributed by atoms with Gasteiger partial charge in [0.1, 0.15) is 12.4 Å². The highest BCUT2D eigenvalue weighted by Gasteiger charge is 2.37. The summed E-state index contributed by atoms with van der Waals surface area (Å²) < 4.78 is 43.0. The Morgan fingerprint density at radius 1 is 1.12 bits per heavy atom. The smallest absolute Gasteiger partial charge is 0.414 e. The van der Waals surface area contributed by atoms with Crippen molar-refractivity contribution in [3.8, 4) is 17.1 Å². The molecule has 1 atom stereocenters. The topological polar surface area (TPSA) is 71.0 Å². The van der Waals surface area contributed by atoms with E-state index in [9.17, 15) is 18.3 Å². The molecule has 0 aliphatic rings. The van der Waals surface area contributed by atoms with E-state index < -0.39 is 18.7 Å². The number of aliphatic hydroxyl groups excluding tert-OH is 1. The fourth-order valence-electron chi connectivity index (χ4n) is 2.38. The van der Waals surface area contributed by atoms with E-state index in [0.717, 1.165) is 11.4 Å². The van der Waals surface area contributed by atoms with Crippen LogP contribution in [0.1, 0.15) is 11.1 Å². The fraction of sp³-hybridized carbons (Fsp3) is 0.222. The van der Waals surface area contributed by atoms with Gasteiger partial charge in [-0.1, -0.05) is 24.3 Å². The Labute approximate surface area is 147 Å². The highest BCUT2D eigenvalue weighted by Crippen LogP contribution is 2.23. The van der Waals surface area contributed by atoms with Gasteiger partial charge >= 0.3 is 6.18 Å². The van der Waals surface area contributed by atoms with Gasteiger partial charge in [0, 0.05) is 12.6 Å². The largest absolute Gasteiger partial charge is 0.487 e. The third kappa shape index (κ3) is 4.60. The highest BCUT2D eigenvalue weighted by molar-refractivity contribution is 5.53. The van der Waals surface area contributed by atoms with Crippen LogP contribution in [0.25, 0.3) is 11.4 Å². The summed E-state index contributed by atoms with van der Waals surface area (Å²) in [6, 6.07) is 11.8. The molecule has 1 aromatic carbocycles. The maximum Gasteiger partial charge on any atom is 0.414 e. The van der Waals surface area contributed by atoms with Crippen molar-refractivity contribution in [2.24, 2.45) is 0 Å². The lowest BCUT2D eigenvalue weighted by molar-refractivity contribution is -0.203. The number of hydrogen-bond donors (Lipinski definition) is 2. The number of aliphatic hydroxyl groups is 1. The number of ether oxygens (including phenoxy) is 1. The molecule has 2 heterocycles. The zero-order chi connectivity index (χ0) is 18.6. The Hall–Kier alpha value is -2.87. The summed E-state index contributed by atoms with van der Waals surface area (Å²) in [5.74, 6) is 0.536. The molecule has 3 rings (SSSR count). The van der Waals surface area contributed by atoms with Crippen molar-refractivity contribution >= 4 is 0 Å². The zero-order valence-electron chi connectivity index (χ0n) is 13.6. The van der Waals surface area contributed by atoms with Crippen molar-refractivity contribution in [2.45, 2.75) is 25.3 Å². The van der Waals surface area contributed by atoms with Gasteiger partial charge in [-0.05, 0) is 29.3 Å². The molecule has 1 unspecified atom stereocenters. The number of H-pyrrole nitrogens is 1. The third-order valence-corrected chi connectivity index (χ3v) is 3.72. The van der Waals surface area contributed by atoms with Crippen LogP contribution in [0.2, 0.25) is 0 Å². The number of aromatic nitrogens is 3. The van der Waals surface area contributed by atoms with Gasteiger partial charge in [-0.2, -0.15) is 18.3 Å². The first-order valence-electron chi connectivity index (χ1n) is 7.83. The number of nitrogens with zero attached hydrogens (tertiary/aromatic N) is 2. The molecule has 0 bridgehead atoms. The van der Waals surface area contributed by atoms with E-state index in [1.54, 1.807) is 54.9 Å². The van der Waals surface area contributed by atoms with E-state index >= 15 is 0 Å². The Morgan fingerprint density at radius 3 is 2.58 bits per heavy atom. The second-order valence-corrected chi connectivity index (χ2v) is 5.72. The van der Waals surface area contributed by atoms with Crippen LogP contribution in [0.5, 0.6) is 5.75 Å². The number of alkyl halides is 3. The van der Waals surface area contributed by atoms with Crippen LogP contribution >= 0.6 is 0 Å². The second kappa shape index (κ2) is 7.57. The van der Waals surface area contributed by atoms with E-state index in [0.29, 0.717) is 16.9 Å². The van der Waals surface area contributed by atoms with E-state index in [2.05, 4.69) is 15.2 Å². The van der Waals surface area contributed by atoms with Crippen molar-refractivity contribution in [3.63, 3.8) is 0 Å². The lowest BCUT2D eigenvalue weighted by atomic mass is 10.1. The summed E-state index contributed by atoms with van der Waals surface area (Å²) in [7, 11) is 0. The quantitative estimate of drug-likeness (QED) is 0.703. The number of nitrogens with one attached hydrogen (secondary N) is 1. The van der Waals surface area contributed by atoms with Crippen LogP contribution in [0.4, 0.5) is 13.2 Å². The number of hydrogen-bond acceptors (Lipinski definition) is 4. The lowest BCUT2D eigenvalue weighted by Crippen LogP contribution is -2.30. The Morgan fingerprint density at radius 2 is 1.92 bits per heavy atom. The minimum Gasteiger partial charge on any atom is -0.487 e. The van der Waals surface area contributed by atoms with Gasteiger partial charge < -0.3 is 9.84 Å². The van der Waals surface area contributed by atoms with Crippen LogP contribution in [-0.2, 0) is 13.0 Å². The van der Waals surface area contributed by atoms with Crippen LogP contribution in [0, 0.1) is 0 Å². The minimum absolute atomic E-state index is 0.182. The van der Waals surface area contributed by atoms with Gasteiger partial charge in [0.25, 0.3) is 0 Å². The standard InChI is InChI=1S/C18H16F3N3O2/c19-18(20,21)17(25)9-12-2-1-3-13(8-12)11-26-14-4-5-15(22-10-14)16-6-7-23-24-16/h1-8,10,17,25H,9,11H2,(H,23,24). The molecule has 26 heavy (non-hydrogen) atoms. The first-order valence-corrected chi connectivity index (χ1v) is 7.83. The third-order valence-electron chi connectivity index (χ3n) is 3.72. The van der Waals surface area contributed by atoms with Crippen LogP contribution < -0.4 is 4.74 Å². The second-order valence-electron chi connectivity index (χ2n) is 5.72. The Kier molecular flexibility index (Phi) is 5.22. The molecule has 0 aliphatic heterocycles. The molecule has 0 saturated carbocycles. The molecule has 0 saturated heterocycles. The molecule has 8 heteroatoms. The molecule has 0 spiro atoms. The van der Waals surface area contributed by atoms with Gasteiger partial charge in [-0.3, -0.25) is 10.1 Å². The molecule has 0 aliphatic carbocycles. The zero-order valence-corrected chi connectivity index (χ0v) is 13.6. The van der Waals surface area contributed by atoms with Gasteiger partial charge in [0.2, 0.25) is 0 Å². The van der Waals surface area contributed by atoms with Crippen LogP contribution in [0.3, 0.4) is 0 Å². The van der Waals surface area contributed by atoms with Crippen molar-refractivity contribution in [1.29, 1.82) is 0 Å². The van der Waals surface area contributed by atoms with E-state index in [1.165, 1.54) is 0 Å². The van der Waals surface area contributed by atoms with Crippen molar-refractivity contribution in [3.05, 3.63) is 66.0 Å². The molecular weight excluding hydrogens is 347 g/mol. The average molecular weight is 363 g/mol. The van der Waals surface area contributed by atoms with Crippen LogP contribution in [-0.4, -0.2) is 32.6 Å². The maximum absolute atomic E-state index is 12.5. The predicted molar refractivity (Wildman–Crippen MR) is 88.4 cm³/mol. The van der Waals surface area contributed by atoms with Gasteiger partial charge in [-0.25, -0.2) is 0 Å². The van der Waals surface area contributed by atoms with Crippen molar-refractivity contribution < 1.29 is 23.0 Å². The lowest BCUT2D eigenvalue weighted by Gasteiger charge is -2.15. The monoisotopic (exact) mass is 363 g/mol. The molecule has 2 N–H and O–H groups in total. The SMILES string of the molecule is OC(Cc1cccc(COc2ccc(-c3ccn[nH]3)nc2)c1)C(F)(F)F. The number of aromatic amines is 1. The van der Waals surface area contributed by atoms with E-state index in [4.69, 9.17) is 4.74 Å². The molecule has 2 aromatic heterocycles. The molecule has 5 nitrogen and oxygen atoms in total. The number of pyridine rings is 1.